The Bertz CT molecular complexity index is 619. The van der Waals surface area contributed by atoms with E-state index in [-0.39, 0.29) is 6.42 Å². The Morgan fingerprint density at radius 3 is 2.77 bits per heavy atom. The Balaban J connectivity index is 2.22. The molecule has 1 aromatic carbocycles. The van der Waals surface area contributed by atoms with Crippen molar-refractivity contribution in [2.24, 2.45) is 0 Å². The zero-order valence-electron chi connectivity index (χ0n) is 12.9. The van der Waals surface area contributed by atoms with Gasteiger partial charge in [0.25, 0.3) is 0 Å². The number of aliphatic carboxylic acids is 1. The van der Waals surface area contributed by atoms with Crippen molar-refractivity contribution in [1.82, 2.24) is 5.32 Å². The number of ether oxygens (including phenoxy) is 1. The summed E-state index contributed by atoms with van der Waals surface area (Å²) in [6, 6.07) is 4.01. The molecule has 0 saturated heterocycles. The van der Waals surface area contributed by atoms with Crippen molar-refractivity contribution >= 4 is 18.1 Å². The number of nitrogens with one attached hydrogen (secondary N) is 1. The van der Waals surface area contributed by atoms with Gasteiger partial charge in [0.05, 0.1) is 6.61 Å². The van der Waals surface area contributed by atoms with E-state index in [0.29, 0.717) is 13.0 Å². The molecule has 1 amide bonds. The van der Waals surface area contributed by atoms with Gasteiger partial charge in [-0.15, -0.1) is 0 Å². The van der Waals surface area contributed by atoms with Crippen molar-refractivity contribution in [2.45, 2.75) is 39.5 Å². The first-order valence-electron chi connectivity index (χ1n) is 7.48. The smallest absolute Gasteiger partial charge is 0.411 e. The van der Waals surface area contributed by atoms with E-state index in [1.807, 2.05) is 25.1 Å². The molecule has 1 aromatic rings. The number of carbonyl (C=O) groups excluding carboxylic acids is 1. The van der Waals surface area contributed by atoms with Crippen LogP contribution in [-0.2, 0) is 22.4 Å². The molecule has 22 heavy (non-hydrogen) atoms. The first-order chi connectivity index (χ1) is 10.5. The first-order valence-corrected chi connectivity index (χ1v) is 7.48. The lowest BCUT2D eigenvalue weighted by molar-refractivity contribution is -0.136. The van der Waals surface area contributed by atoms with Crippen molar-refractivity contribution in [3.8, 4) is 0 Å². The SMILES string of the molecule is CCOC(=O)NC1=Cc2ccc(C)c(CCC(=O)O)c2CC1. The number of hydrogen-bond donors (Lipinski definition) is 2. The predicted molar refractivity (Wildman–Crippen MR) is 83.6 cm³/mol. The molecule has 1 aliphatic rings. The van der Waals surface area contributed by atoms with Crippen LogP contribution in [0, 0.1) is 6.92 Å². The molecule has 2 rings (SSSR count). The summed E-state index contributed by atoms with van der Waals surface area (Å²) in [6.45, 7) is 4.11. The highest BCUT2D eigenvalue weighted by Gasteiger charge is 2.17. The van der Waals surface area contributed by atoms with E-state index < -0.39 is 12.1 Å². The third-order valence-electron chi connectivity index (χ3n) is 3.80. The normalized spacial score (nSPS) is 13.1. The number of aryl methyl sites for hydroxylation is 1. The molecule has 0 radical (unpaired) electrons. The Morgan fingerprint density at radius 1 is 1.32 bits per heavy atom. The molecule has 5 heteroatoms. The second-order valence-corrected chi connectivity index (χ2v) is 5.34. The van der Waals surface area contributed by atoms with Crippen molar-refractivity contribution < 1.29 is 19.4 Å². The summed E-state index contributed by atoms with van der Waals surface area (Å²) >= 11 is 0. The van der Waals surface area contributed by atoms with Gasteiger partial charge in [0.1, 0.15) is 0 Å². The van der Waals surface area contributed by atoms with Gasteiger partial charge in [0.15, 0.2) is 0 Å². The number of alkyl carbamates (subject to hydrolysis) is 1. The number of carboxylic acid groups (broad SMARTS) is 1. The fraction of sp³-hybridized carbons (Fsp3) is 0.412. The first kappa shape index (κ1) is 16.1. The van der Waals surface area contributed by atoms with Crippen LogP contribution in [0.15, 0.2) is 17.8 Å². The van der Waals surface area contributed by atoms with Crippen molar-refractivity contribution in [3.63, 3.8) is 0 Å². The van der Waals surface area contributed by atoms with Crippen LogP contribution >= 0.6 is 0 Å². The Kier molecular flexibility index (Phi) is 5.20. The number of carbonyl (C=O) groups is 2. The number of allylic oxidation sites excluding steroid dienone is 1. The van der Waals surface area contributed by atoms with E-state index in [1.54, 1.807) is 6.92 Å². The van der Waals surface area contributed by atoms with Crippen LogP contribution in [0.1, 0.15) is 42.0 Å². The highest BCUT2D eigenvalue weighted by molar-refractivity contribution is 5.73. The van der Waals surface area contributed by atoms with E-state index in [2.05, 4.69) is 5.32 Å². The summed E-state index contributed by atoms with van der Waals surface area (Å²) < 4.78 is 4.88. The third kappa shape index (κ3) is 3.87. The number of amides is 1. The Hall–Kier alpha value is -2.30. The summed E-state index contributed by atoms with van der Waals surface area (Å²) in [6.07, 6.45) is 3.70. The monoisotopic (exact) mass is 303 g/mol. The van der Waals surface area contributed by atoms with Gasteiger partial charge in [-0.05, 0) is 61.4 Å². The molecule has 0 atom stereocenters. The van der Waals surface area contributed by atoms with Gasteiger partial charge in [-0.1, -0.05) is 12.1 Å². The van der Waals surface area contributed by atoms with Crippen molar-refractivity contribution in [1.29, 1.82) is 0 Å². The molecule has 0 spiro atoms. The maximum absolute atomic E-state index is 11.5. The molecule has 5 nitrogen and oxygen atoms in total. The van der Waals surface area contributed by atoms with Crippen molar-refractivity contribution in [2.75, 3.05) is 6.61 Å². The molecular weight excluding hydrogens is 282 g/mol. The molecule has 1 aliphatic carbocycles. The number of rotatable bonds is 5. The predicted octanol–water partition coefficient (Wildman–Crippen LogP) is 3.05. The van der Waals surface area contributed by atoms with Gasteiger partial charge in [0, 0.05) is 12.1 Å². The summed E-state index contributed by atoms with van der Waals surface area (Å²) in [7, 11) is 0. The van der Waals surface area contributed by atoms with Gasteiger partial charge < -0.3 is 9.84 Å². The summed E-state index contributed by atoms with van der Waals surface area (Å²) in [4.78, 5) is 22.3. The highest BCUT2D eigenvalue weighted by atomic mass is 16.5. The lowest BCUT2D eigenvalue weighted by Crippen LogP contribution is -2.25. The molecule has 2 N–H and O–H groups in total. The Morgan fingerprint density at radius 2 is 2.09 bits per heavy atom. The van der Waals surface area contributed by atoms with Gasteiger partial charge in [0.2, 0.25) is 0 Å². The minimum absolute atomic E-state index is 0.134. The van der Waals surface area contributed by atoms with E-state index in [4.69, 9.17) is 9.84 Å². The zero-order chi connectivity index (χ0) is 16.1. The maximum atomic E-state index is 11.5. The lowest BCUT2D eigenvalue weighted by atomic mass is 9.87. The van der Waals surface area contributed by atoms with Crippen molar-refractivity contribution in [3.05, 3.63) is 40.1 Å². The second kappa shape index (κ2) is 7.11. The fourth-order valence-corrected chi connectivity index (χ4v) is 2.76. The summed E-state index contributed by atoms with van der Waals surface area (Å²) in [5.74, 6) is -0.784. The molecular formula is C17H21NO4. The fourth-order valence-electron chi connectivity index (χ4n) is 2.76. The maximum Gasteiger partial charge on any atom is 0.411 e. The quantitative estimate of drug-likeness (QED) is 0.876. The van der Waals surface area contributed by atoms with Crippen LogP contribution in [0.5, 0.6) is 0 Å². The summed E-state index contributed by atoms with van der Waals surface area (Å²) in [5.41, 5.74) is 5.31. The van der Waals surface area contributed by atoms with Crippen LogP contribution in [-0.4, -0.2) is 23.8 Å². The molecule has 0 heterocycles. The molecule has 0 bridgehead atoms. The average Bonchev–Trinajstić information content (AvgIpc) is 2.46. The third-order valence-corrected chi connectivity index (χ3v) is 3.80. The number of carboxylic acids is 1. The van der Waals surface area contributed by atoms with Crippen LogP contribution < -0.4 is 5.32 Å². The van der Waals surface area contributed by atoms with Crippen LogP contribution in [0.2, 0.25) is 0 Å². The second-order valence-electron chi connectivity index (χ2n) is 5.34. The largest absolute Gasteiger partial charge is 0.481 e. The van der Waals surface area contributed by atoms with Gasteiger partial charge in [-0.25, -0.2) is 4.79 Å². The topological polar surface area (TPSA) is 75.6 Å². The highest BCUT2D eigenvalue weighted by Crippen LogP contribution is 2.28. The van der Waals surface area contributed by atoms with Crippen LogP contribution in [0.25, 0.3) is 6.08 Å². The lowest BCUT2D eigenvalue weighted by Gasteiger charge is -2.21. The van der Waals surface area contributed by atoms with Crippen LogP contribution in [0.4, 0.5) is 4.79 Å². The van der Waals surface area contributed by atoms with E-state index >= 15 is 0 Å². The number of fused-ring (bicyclic) bond motifs is 1. The molecule has 0 saturated carbocycles. The van der Waals surface area contributed by atoms with Crippen LogP contribution in [0.3, 0.4) is 0 Å². The van der Waals surface area contributed by atoms with Gasteiger partial charge in [-0.3, -0.25) is 10.1 Å². The number of benzene rings is 1. The molecule has 0 aliphatic heterocycles. The summed E-state index contributed by atoms with van der Waals surface area (Å²) in [5, 5.41) is 11.6. The van der Waals surface area contributed by atoms with Gasteiger partial charge in [-0.2, -0.15) is 0 Å². The minimum atomic E-state index is -0.784. The standard InChI is InChI=1S/C17H21NO4/c1-3-22-17(21)18-13-6-7-15-12(10-13)5-4-11(2)14(15)8-9-16(19)20/h4-5,10H,3,6-9H2,1-2H3,(H,18,21)(H,19,20). The van der Waals surface area contributed by atoms with E-state index in [9.17, 15) is 9.59 Å². The zero-order valence-corrected chi connectivity index (χ0v) is 12.9. The molecule has 0 fully saturated rings. The molecule has 0 unspecified atom stereocenters. The molecule has 118 valence electrons. The molecule has 0 aromatic heterocycles. The van der Waals surface area contributed by atoms with E-state index in [0.717, 1.165) is 35.2 Å². The van der Waals surface area contributed by atoms with Gasteiger partial charge >= 0.3 is 12.1 Å². The number of hydrogen-bond acceptors (Lipinski definition) is 3. The average molecular weight is 303 g/mol. The minimum Gasteiger partial charge on any atom is -0.481 e. The van der Waals surface area contributed by atoms with E-state index in [1.165, 1.54) is 5.56 Å². The Labute approximate surface area is 130 Å².